The fourth-order valence-electron chi connectivity index (χ4n) is 2.89. The van der Waals surface area contributed by atoms with Crippen LogP contribution >= 0.6 is 27.5 Å². The highest BCUT2D eigenvalue weighted by Gasteiger charge is 2.25. The normalized spacial score (nSPS) is 17.9. The number of nitrogens with zero attached hydrogens (tertiary/aromatic N) is 2. The molecular weight excluding hydrogens is 336 g/mol. The highest BCUT2D eigenvalue weighted by molar-refractivity contribution is 9.10. The van der Waals surface area contributed by atoms with E-state index in [9.17, 15) is 0 Å². The number of hydrogen-bond acceptors (Lipinski definition) is 2. The van der Waals surface area contributed by atoms with Crippen molar-refractivity contribution in [3.8, 4) is 0 Å². The Kier molecular flexibility index (Phi) is 4.08. The van der Waals surface area contributed by atoms with Crippen molar-refractivity contribution in [3.05, 3.63) is 56.5 Å². The standard InChI is InChI=1S/C16H16BrClN2/c1-2-13-14(17)15(18)20-16(19-13)12-9-5-7-10-6-3-4-8-11(10)12/h3-4,6,8,12H,2,5,7,9H2,1H3. The van der Waals surface area contributed by atoms with E-state index in [1.165, 1.54) is 17.5 Å². The van der Waals surface area contributed by atoms with E-state index in [-0.39, 0.29) is 5.92 Å². The highest BCUT2D eigenvalue weighted by Crippen LogP contribution is 2.36. The second-order valence-corrected chi connectivity index (χ2v) is 6.28. The zero-order valence-electron chi connectivity index (χ0n) is 11.4. The summed E-state index contributed by atoms with van der Waals surface area (Å²) in [5.74, 6) is 1.14. The molecule has 0 amide bonds. The Balaban J connectivity index is 2.09. The van der Waals surface area contributed by atoms with E-state index < -0.39 is 0 Å². The van der Waals surface area contributed by atoms with Gasteiger partial charge in [0.15, 0.2) is 0 Å². The molecule has 20 heavy (non-hydrogen) atoms. The van der Waals surface area contributed by atoms with Crippen LogP contribution in [0.4, 0.5) is 0 Å². The van der Waals surface area contributed by atoms with E-state index in [0.717, 1.165) is 35.3 Å². The van der Waals surface area contributed by atoms with Gasteiger partial charge in [0, 0.05) is 5.92 Å². The summed E-state index contributed by atoms with van der Waals surface area (Å²) in [6.45, 7) is 2.09. The van der Waals surface area contributed by atoms with Crippen LogP contribution in [-0.4, -0.2) is 9.97 Å². The van der Waals surface area contributed by atoms with Crippen molar-refractivity contribution in [1.29, 1.82) is 0 Å². The molecule has 104 valence electrons. The molecule has 0 N–H and O–H groups in total. The molecule has 1 aromatic carbocycles. The minimum atomic E-state index is 0.274. The van der Waals surface area contributed by atoms with Crippen LogP contribution < -0.4 is 0 Å². The van der Waals surface area contributed by atoms with Gasteiger partial charge in [0.25, 0.3) is 0 Å². The second kappa shape index (κ2) is 5.82. The first-order valence-electron chi connectivity index (χ1n) is 7.00. The van der Waals surface area contributed by atoms with Gasteiger partial charge in [-0.2, -0.15) is 0 Å². The summed E-state index contributed by atoms with van der Waals surface area (Å²) in [6.07, 6.45) is 4.28. The van der Waals surface area contributed by atoms with Crippen LogP contribution in [0.5, 0.6) is 0 Å². The van der Waals surface area contributed by atoms with Crippen LogP contribution in [0.2, 0.25) is 5.15 Å². The van der Waals surface area contributed by atoms with Crippen LogP contribution in [0.3, 0.4) is 0 Å². The first-order valence-corrected chi connectivity index (χ1v) is 8.17. The van der Waals surface area contributed by atoms with Gasteiger partial charge in [-0.3, -0.25) is 0 Å². The lowest BCUT2D eigenvalue weighted by Gasteiger charge is -2.25. The van der Waals surface area contributed by atoms with Gasteiger partial charge >= 0.3 is 0 Å². The molecule has 1 aliphatic rings. The Bertz CT molecular complexity index is 642. The van der Waals surface area contributed by atoms with Crippen molar-refractivity contribution in [2.45, 2.75) is 38.5 Å². The molecule has 1 atom stereocenters. The number of hydrogen-bond donors (Lipinski definition) is 0. The summed E-state index contributed by atoms with van der Waals surface area (Å²) in [5.41, 5.74) is 3.77. The molecule has 0 saturated carbocycles. The van der Waals surface area contributed by atoms with E-state index in [1.807, 2.05) is 0 Å². The fourth-order valence-corrected chi connectivity index (χ4v) is 3.55. The summed E-state index contributed by atoms with van der Waals surface area (Å²) in [6, 6.07) is 8.61. The Morgan fingerprint density at radius 3 is 2.90 bits per heavy atom. The zero-order chi connectivity index (χ0) is 14.1. The van der Waals surface area contributed by atoms with Gasteiger partial charge in [-0.25, -0.2) is 9.97 Å². The summed E-state index contributed by atoms with van der Waals surface area (Å²) >= 11 is 9.72. The third kappa shape index (κ3) is 2.49. The van der Waals surface area contributed by atoms with Crippen LogP contribution in [0.15, 0.2) is 28.7 Å². The summed E-state index contributed by atoms with van der Waals surface area (Å²) in [4.78, 5) is 9.24. The summed E-state index contributed by atoms with van der Waals surface area (Å²) < 4.78 is 0.828. The number of halogens is 2. The third-order valence-electron chi connectivity index (χ3n) is 3.91. The molecule has 1 aromatic heterocycles. The molecule has 0 radical (unpaired) electrons. The number of aryl methyl sites for hydroxylation is 2. The van der Waals surface area contributed by atoms with Gasteiger partial charge in [-0.1, -0.05) is 42.8 Å². The van der Waals surface area contributed by atoms with Crippen molar-refractivity contribution in [1.82, 2.24) is 9.97 Å². The van der Waals surface area contributed by atoms with Crippen molar-refractivity contribution < 1.29 is 0 Å². The summed E-state index contributed by atoms with van der Waals surface area (Å²) in [5, 5.41) is 0.523. The molecule has 4 heteroatoms. The van der Waals surface area contributed by atoms with Crippen LogP contribution in [0.1, 0.15) is 48.3 Å². The van der Waals surface area contributed by atoms with Crippen molar-refractivity contribution >= 4 is 27.5 Å². The molecule has 2 aromatic rings. The lowest BCUT2D eigenvalue weighted by molar-refractivity contribution is 0.587. The van der Waals surface area contributed by atoms with E-state index in [1.54, 1.807) is 0 Å². The summed E-state index contributed by atoms with van der Waals surface area (Å²) in [7, 11) is 0. The van der Waals surface area contributed by atoms with Gasteiger partial charge in [0.05, 0.1) is 10.2 Å². The van der Waals surface area contributed by atoms with Crippen LogP contribution in [0, 0.1) is 0 Å². The second-order valence-electron chi connectivity index (χ2n) is 5.13. The number of aromatic nitrogens is 2. The molecule has 0 bridgehead atoms. The molecule has 1 aliphatic carbocycles. The van der Waals surface area contributed by atoms with E-state index in [4.69, 9.17) is 16.6 Å². The smallest absolute Gasteiger partial charge is 0.147 e. The molecule has 2 nitrogen and oxygen atoms in total. The van der Waals surface area contributed by atoms with Gasteiger partial charge < -0.3 is 0 Å². The molecule has 3 rings (SSSR count). The Hall–Kier alpha value is -0.930. The first-order chi connectivity index (χ1) is 9.70. The Morgan fingerprint density at radius 1 is 1.30 bits per heavy atom. The SMILES string of the molecule is CCc1nc(C2CCCc3ccccc32)nc(Cl)c1Br. The van der Waals surface area contributed by atoms with E-state index >= 15 is 0 Å². The predicted octanol–water partition coefficient (Wildman–Crippen LogP) is 4.92. The highest BCUT2D eigenvalue weighted by atomic mass is 79.9. The molecule has 0 aliphatic heterocycles. The number of rotatable bonds is 2. The third-order valence-corrected chi connectivity index (χ3v) is 5.25. The van der Waals surface area contributed by atoms with Crippen LogP contribution in [0.25, 0.3) is 0 Å². The molecular formula is C16H16BrClN2. The van der Waals surface area contributed by atoms with E-state index in [2.05, 4.69) is 52.1 Å². The average Bonchev–Trinajstić information content (AvgIpc) is 2.49. The van der Waals surface area contributed by atoms with Crippen molar-refractivity contribution in [2.75, 3.05) is 0 Å². The Labute approximate surface area is 132 Å². The molecule has 0 fully saturated rings. The maximum atomic E-state index is 6.25. The quantitative estimate of drug-likeness (QED) is 0.717. The Morgan fingerprint density at radius 2 is 2.10 bits per heavy atom. The maximum Gasteiger partial charge on any atom is 0.147 e. The molecule has 1 heterocycles. The van der Waals surface area contributed by atoms with Crippen molar-refractivity contribution in [2.24, 2.45) is 0 Å². The van der Waals surface area contributed by atoms with Crippen LogP contribution in [-0.2, 0) is 12.8 Å². The topological polar surface area (TPSA) is 25.8 Å². The lowest BCUT2D eigenvalue weighted by Crippen LogP contribution is -2.15. The number of fused-ring (bicyclic) bond motifs is 1. The molecule has 1 unspecified atom stereocenters. The number of benzene rings is 1. The van der Waals surface area contributed by atoms with Gasteiger partial charge in [-0.15, -0.1) is 0 Å². The van der Waals surface area contributed by atoms with Gasteiger partial charge in [0.1, 0.15) is 11.0 Å². The van der Waals surface area contributed by atoms with Gasteiger partial charge in [0.2, 0.25) is 0 Å². The minimum Gasteiger partial charge on any atom is -0.236 e. The largest absolute Gasteiger partial charge is 0.236 e. The maximum absolute atomic E-state index is 6.25. The minimum absolute atomic E-state index is 0.274. The lowest BCUT2D eigenvalue weighted by atomic mass is 9.82. The average molecular weight is 352 g/mol. The molecule has 0 saturated heterocycles. The fraction of sp³-hybridized carbons (Fsp3) is 0.375. The monoisotopic (exact) mass is 350 g/mol. The van der Waals surface area contributed by atoms with Gasteiger partial charge in [-0.05, 0) is 52.7 Å². The zero-order valence-corrected chi connectivity index (χ0v) is 13.7. The predicted molar refractivity (Wildman–Crippen MR) is 85.3 cm³/mol. The van der Waals surface area contributed by atoms with Crippen molar-refractivity contribution in [3.63, 3.8) is 0 Å². The first kappa shape index (κ1) is 14.0. The molecule has 0 spiro atoms. The van der Waals surface area contributed by atoms with E-state index in [0.29, 0.717) is 5.15 Å².